The maximum Gasteiger partial charge on any atom is 0.335 e. The average Bonchev–Trinajstić information content (AvgIpc) is 2.48. The highest BCUT2D eigenvalue weighted by molar-refractivity contribution is 5.89. The third-order valence-electron chi connectivity index (χ3n) is 3.26. The lowest BCUT2D eigenvalue weighted by molar-refractivity contribution is 0.0695. The number of carboxylic acids is 1. The monoisotopic (exact) mass is 274 g/mol. The van der Waals surface area contributed by atoms with E-state index in [1.165, 1.54) is 0 Å². The minimum atomic E-state index is -0.937. The molecule has 2 rings (SSSR count). The Kier molecular flexibility index (Phi) is 4.76. The summed E-state index contributed by atoms with van der Waals surface area (Å²) in [5, 5.41) is 11.9. The molecule has 0 bridgehead atoms. The maximum atomic E-state index is 11.9. The number of carbonyl (C=O) groups is 2. The van der Waals surface area contributed by atoms with E-state index in [4.69, 9.17) is 5.11 Å². The molecule has 0 unspecified atom stereocenters. The topological polar surface area (TPSA) is 69.6 Å². The van der Waals surface area contributed by atoms with Crippen molar-refractivity contribution < 1.29 is 14.7 Å². The van der Waals surface area contributed by atoms with Gasteiger partial charge >= 0.3 is 12.0 Å². The molecule has 2 N–H and O–H groups in total. The van der Waals surface area contributed by atoms with E-state index in [9.17, 15) is 9.59 Å². The standard InChI is InChI=1S/C15H18N2O3/c18-14(19)13-7-3-2-6-12(13)8-9-16-15(20)17-10-4-1-5-11-17/h1-4,6-7H,5,8-11H2,(H,16,20)(H,18,19). The molecule has 0 atom stereocenters. The first-order chi connectivity index (χ1) is 9.68. The van der Waals surface area contributed by atoms with Crippen LogP contribution in [0.1, 0.15) is 22.3 Å². The lowest BCUT2D eigenvalue weighted by Crippen LogP contribution is -2.42. The molecule has 20 heavy (non-hydrogen) atoms. The molecule has 106 valence electrons. The zero-order valence-electron chi connectivity index (χ0n) is 11.2. The fourth-order valence-electron chi connectivity index (χ4n) is 2.19. The van der Waals surface area contributed by atoms with Gasteiger partial charge in [-0.25, -0.2) is 9.59 Å². The van der Waals surface area contributed by atoms with Gasteiger partial charge < -0.3 is 15.3 Å². The van der Waals surface area contributed by atoms with Crippen LogP contribution >= 0.6 is 0 Å². The van der Waals surface area contributed by atoms with Crippen molar-refractivity contribution in [2.24, 2.45) is 0 Å². The summed E-state index contributed by atoms with van der Waals surface area (Å²) in [6, 6.07) is 6.76. The van der Waals surface area contributed by atoms with Crippen molar-refractivity contribution in [3.63, 3.8) is 0 Å². The molecule has 0 spiro atoms. The van der Waals surface area contributed by atoms with Gasteiger partial charge in [-0.15, -0.1) is 0 Å². The lowest BCUT2D eigenvalue weighted by atomic mass is 10.0. The highest BCUT2D eigenvalue weighted by Crippen LogP contribution is 2.09. The van der Waals surface area contributed by atoms with Crippen molar-refractivity contribution in [2.75, 3.05) is 19.6 Å². The van der Waals surface area contributed by atoms with E-state index in [1.807, 2.05) is 6.08 Å². The number of hydrogen-bond donors (Lipinski definition) is 2. The third-order valence-corrected chi connectivity index (χ3v) is 3.26. The Morgan fingerprint density at radius 1 is 1.25 bits per heavy atom. The fraction of sp³-hybridized carbons (Fsp3) is 0.333. The van der Waals surface area contributed by atoms with E-state index in [1.54, 1.807) is 29.2 Å². The number of carbonyl (C=O) groups excluding carboxylic acids is 1. The second kappa shape index (κ2) is 6.75. The molecule has 0 fully saturated rings. The number of amides is 2. The molecule has 0 saturated carbocycles. The van der Waals surface area contributed by atoms with Crippen LogP contribution in [0.25, 0.3) is 0 Å². The second-order valence-corrected chi connectivity index (χ2v) is 4.65. The highest BCUT2D eigenvalue weighted by atomic mass is 16.4. The summed E-state index contributed by atoms with van der Waals surface area (Å²) in [7, 11) is 0. The quantitative estimate of drug-likeness (QED) is 0.824. The summed E-state index contributed by atoms with van der Waals surface area (Å²) in [5.41, 5.74) is 1.03. The molecule has 1 aliphatic heterocycles. The van der Waals surface area contributed by atoms with Gasteiger partial charge in [0.2, 0.25) is 0 Å². The minimum Gasteiger partial charge on any atom is -0.478 e. The van der Waals surface area contributed by atoms with Crippen molar-refractivity contribution >= 4 is 12.0 Å². The Labute approximate surface area is 117 Å². The van der Waals surface area contributed by atoms with E-state index < -0.39 is 5.97 Å². The third kappa shape index (κ3) is 3.60. The minimum absolute atomic E-state index is 0.0952. The van der Waals surface area contributed by atoms with Crippen LogP contribution in [0.15, 0.2) is 36.4 Å². The van der Waals surface area contributed by atoms with Crippen LogP contribution in [0, 0.1) is 0 Å². The van der Waals surface area contributed by atoms with Gasteiger partial charge in [0.25, 0.3) is 0 Å². The number of nitrogens with zero attached hydrogens (tertiary/aromatic N) is 1. The van der Waals surface area contributed by atoms with Gasteiger partial charge in [0, 0.05) is 19.6 Å². The Balaban J connectivity index is 1.85. The lowest BCUT2D eigenvalue weighted by Gasteiger charge is -2.23. The zero-order chi connectivity index (χ0) is 14.4. The molecule has 0 aliphatic carbocycles. The number of carboxylic acid groups (broad SMARTS) is 1. The maximum absolute atomic E-state index is 11.9. The zero-order valence-corrected chi connectivity index (χ0v) is 11.2. The summed E-state index contributed by atoms with van der Waals surface area (Å²) in [5.74, 6) is -0.937. The van der Waals surface area contributed by atoms with Gasteiger partial charge in [0.15, 0.2) is 0 Å². The predicted octanol–water partition coefficient (Wildman–Crippen LogP) is 1.90. The van der Waals surface area contributed by atoms with Gasteiger partial charge in [-0.1, -0.05) is 30.4 Å². The molecule has 5 heteroatoms. The van der Waals surface area contributed by atoms with Gasteiger partial charge in [-0.05, 0) is 24.5 Å². The van der Waals surface area contributed by atoms with Crippen molar-refractivity contribution in [3.8, 4) is 0 Å². The molecular formula is C15H18N2O3. The number of aromatic carboxylic acids is 1. The van der Waals surface area contributed by atoms with Crippen LogP contribution in [0.2, 0.25) is 0 Å². The molecule has 0 radical (unpaired) electrons. The molecule has 0 aromatic heterocycles. The number of hydrogen-bond acceptors (Lipinski definition) is 2. The molecule has 1 aromatic rings. The molecule has 1 aromatic carbocycles. The fourth-order valence-corrected chi connectivity index (χ4v) is 2.19. The van der Waals surface area contributed by atoms with E-state index in [0.717, 1.165) is 18.5 Å². The molecule has 1 aliphatic rings. The van der Waals surface area contributed by atoms with Crippen LogP contribution < -0.4 is 5.32 Å². The molecule has 1 heterocycles. The Hall–Kier alpha value is -2.30. The van der Waals surface area contributed by atoms with Crippen LogP contribution in [-0.2, 0) is 6.42 Å². The highest BCUT2D eigenvalue weighted by Gasteiger charge is 2.13. The molecule has 5 nitrogen and oxygen atoms in total. The van der Waals surface area contributed by atoms with Crippen molar-refractivity contribution in [3.05, 3.63) is 47.5 Å². The molecule has 2 amide bonds. The van der Waals surface area contributed by atoms with Gasteiger partial charge in [-0.2, -0.15) is 0 Å². The number of nitrogens with one attached hydrogen (secondary N) is 1. The molecule has 0 saturated heterocycles. The van der Waals surface area contributed by atoms with E-state index >= 15 is 0 Å². The van der Waals surface area contributed by atoms with E-state index in [0.29, 0.717) is 25.1 Å². The van der Waals surface area contributed by atoms with Crippen molar-refractivity contribution in [1.29, 1.82) is 0 Å². The van der Waals surface area contributed by atoms with Crippen LogP contribution in [0.3, 0.4) is 0 Å². The van der Waals surface area contributed by atoms with Gasteiger partial charge in [0.1, 0.15) is 0 Å². The van der Waals surface area contributed by atoms with Crippen LogP contribution in [-0.4, -0.2) is 41.6 Å². The summed E-state index contributed by atoms with van der Waals surface area (Å²) in [6.07, 6.45) is 5.43. The Morgan fingerprint density at radius 2 is 2.05 bits per heavy atom. The largest absolute Gasteiger partial charge is 0.478 e. The van der Waals surface area contributed by atoms with Crippen LogP contribution in [0.4, 0.5) is 4.79 Å². The second-order valence-electron chi connectivity index (χ2n) is 4.65. The molecular weight excluding hydrogens is 256 g/mol. The van der Waals surface area contributed by atoms with Crippen molar-refractivity contribution in [1.82, 2.24) is 10.2 Å². The summed E-state index contributed by atoms with van der Waals surface area (Å²) >= 11 is 0. The SMILES string of the molecule is O=C(O)c1ccccc1CCNC(=O)N1CC=CCC1. The summed E-state index contributed by atoms with van der Waals surface area (Å²) < 4.78 is 0. The van der Waals surface area contributed by atoms with Gasteiger partial charge in [0.05, 0.1) is 5.56 Å². The first kappa shape index (κ1) is 14.1. The number of benzene rings is 1. The summed E-state index contributed by atoms with van der Waals surface area (Å²) in [6.45, 7) is 1.80. The first-order valence-corrected chi connectivity index (χ1v) is 6.67. The Morgan fingerprint density at radius 3 is 2.75 bits per heavy atom. The van der Waals surface area contributed by atoms with Crippen molar-refractivity contribution in [2.45, 2.75) is 12.8 Å². The van der Waals surface area contributed by atoms with Gasteiger partial charge in [-0.3, -0.25) is 0 Å². The van der Waals surface area contributed by atoms with E-state index in [2.05, 4.69) is 11.4 Å². The smallest absolute Gasteiger partial charge is 0.335 e. The normalized spacial score (nSPS) is 14.1. The predicted molar refractivity (Wildman–Crippen MR) is 75.8 cm³/mol. The Bertz CT molecular complexity index is 526. The number of rotatable bonds is 4. The van der Waals surface area contributed by atoms with E-state index in [-0.39, 0.29) is 6.03 Å². The average molecular weight is 274 g/mol. The van der Waals surface area contributed by atoms with Crippen LogP contribution in [0.5, 0.6) is 0 Å². The summed E-state index contributed by atoms with van der Waals surface area (Å²) in [4.78, 5) is 24.7. The first-order valence-electron chi connectivity index (χ1n) is 6.67. The number of urea groups is 1.